The second-order valence-electron chi connectivity index (χ2n) is 4.27. The van der Waals surface area contributed by atoms with Crippen molar-refractivity contribution in [1.29, 1.82) is 0 Å². The van der Waals surface area contributed by atoms with Crippen molar-refractivity contribution in [3.8, 4) is 0 Å². The predicted molar refractivity (Wildman–Crippen MR) is 89.3 cm³/mol. The van der Waals surface area contributed by atoms with Crippen LogP contribution in [-0.4, -0.2) is 0 Å². The molecular weight excluding hydrogens is 240 g/mol. The average Bonchev–Trinajstić information content (AvgIpc) is 2.54. The van der Waals surface area contributed by atoms with Gasteiger partial charge in [-0.15, -0.1) is 0 Å². The van der Waals surface area contributed by atoms with Gasteiger partial charge in [0, 0.05) is 0 Å². The summed E-state index contributed by atoms with van der Waals surface area (Å²) in [5.41, 5.74) is 2.36. The lowest BCUT2D eigenvalue weighted by Gasteiger charge is -2.02. The van der Waals surface area contributed by atoms with Gasteiger partial charge in [-0.3, -0.25) is 0 Å². The Hall–Kier alpha value is -2.60. The maximum atomic E-state index is 2.12. The lowest BCUT2D eigenvalue weighted by atomic mass is 10.0. The van der Waals surface area contributed by atoms with E-state index in [0.29, 0.717) is 0 Å². The first-order valence-electron chi connectivity index (χ1n) is 6.74. The summed E-state index contributed by atoms with van der Waals surface area (Å²) in [6.45, 7) is 0. The Morgan fingerprint density at radius 2 is 0.600 bits per heavy atom. The Morgan fingerprint density at radius 3 is 1.00 bits per heavy atom. The molecule has 0 aliphatic heterocycles. The van der Waals surface area contributed by atoms with Gasteiger partial charge in [-0.25, -0.2) is 0 Å². The second-order valence-corrected chi connectivity index (χ2v) is 4.27. The van der Waals surface area contributed by atoms with Crippen LogP contribution in [0, 0.1) is 0 Å². The van der Waals surface area contributed by atoms with Crippen LogP contribution in [-0.2, 0) is 0 Å². The minimum atomic E-state index is 1.18. The van der Waals surface area contributed by atoms with Crippen molar-refractivity contribution in [1.82, 2.24) is 0 Å². The summed E-state index contributed by atoms with van der Waals surface area (Å²) >= 11 is 0. The molecule has 2 aliphatic carbocycles. The summed E-state index contributed by atoms with van der Waals surface area (Å²) < 4.78 is 0. The minimum Gasteiger partial charge on any atom is -0.0623 e. The lowest BCUT2D eigenvalue weighted by Crippen LogP contribution is -1.82. The SMILES string of the molecule is C1=CC=CC=C2C=CC=CC=CC=CC=C2C=CC=C1. The molecule has 0 unspecified atom stereocenters. The summed E-state index contributed by atoms with van der Waals surface area (Å²) in [6, 6.07) is 0. The fourth-order valence-corrected chi connectivity index (χ4v) is 1.77. The third-order valence-corrected chi connectivity index (χ3v) is 2.77. The molecule has 0 saturated carbocycles. The van der Waals surface area contributed by atoms with E-state index in [2.05, 4.69) is 48.6 Å². The molecule has 0 fully saturated rings. The Bertz CT molecular complexity index is 550. The molecule has 0 aromatic carbocycles. The Balaban J connectivity index is 2.45. The third-order valence-electron chi connectivity index (χ3n) is 2.77. The monoisotopic (exact) mass is 258 g/mol. The fourth-order valence-electron chi connectivity index (χ4n) is 1.77. The van der Waals surface area contributed by atoms with Crippen LogP contribution in [0.1, 0.15) is 0 Å². The molecule has 0 amide bonds. The summed E-state index contributed by atoms with van der Waals surface area (Å²) in [4.78, 5) is 0. The van der Waals surface area contributed by atoms with E-state index in [1.54, 1.807) is 0 Å². The van der Waals surface area contributed by atoms with Gasteiger partial charge in [-0.1, -0.05) is 109 Å². The van der Waals surface area contributed by atoms with Crippen LogP contribution in [0.3, 0.4) is 0 Å². The zero-order valence-electron chi connectivity index (χ0n) is 11.4. The van der Waals surface area contributed by atoms with Gasteiger partial charge < -0.3 is 0 Å². The van der Waals surface area contributed by atoms with Crippen LogP contribution in [0.25, 0.3) is 0 Å². The third kappa shape index (κ3) is 4.95. The van der Waals surface area contributed by atoms with Crippen LogP contribution < -0.4 is 0 Å². The molecule has 0 heteroatoms. The molecule has 0 spiro atoms. The molecule has 98 valence electrons. The van der Waals surface area contributed by atoms with Crippen LogP contribution >= 0.6 is 0 Å². The fraction of sp³-hybridized carbons (Fsp3) is 0. The summed E-state index contributed by atoms with van der Waals surface area (Å²) in [6.07, 6.45) is 37.0. The largest absolute Gasteiger partial charge is 0.0623 e. The minimum absolute atomic E-state index is 1.18. The Labute approximate surface area is 121 Å². The smallest absolute Gasteiger partial charge is 0.0184 e. The molecule has 0 radical (unpaired) electrons. The Morgan fingerprint density at radius 1 is 0.300 bits per heavy atom. The van der Waals surface area contributed by atoms with Crippen molar-refractivity contribution in [3.05, 3.63) is 121 Å². The van der Waals surface area contributed by atoms with Crippen LogP contribution in [0.15, 0.2) is 121 Å². The second kappa shape index (κ2) is 8.49. The van der Waals surface area contributed by atoms with Gasteiger partial charge >= 0.3 is 0 Å². The molecular formula is C20H18. The van der Waals surface area contributed by atoms with Gasteiger partial charge in [0.25, 0.3) is 0 Å². The highest BCUT2D eigenvalue weighted by molar-refractivity contribution is 5.51. The molecule has 20 heavy (non-hydrogen) atoms. The zero-order chi connectivity index (χ0) is 13.9. The van der Waals surface area contributed by atoms with E-state index in [0.717, 1.165) is 0 Å². The van der Waals surface area contributed by atoms with Gasteiger partial charge in [0.2, 0.25) is 0 Å². The molecule has 0 bridgehead atoms. The molecule has 0 nitrogen and oxygen atoms in total. The van der Waals surface area contributed by atoms with Gasteiger partial charge in [-0.2, -0.15) is 0 Å². The summed E-state index contributed by atoms with van der Waals surface area (Å²) in [7, 11) is 0. The van der Waals surface area contributed by atoms with E-state index in [4.69, 9.17) is 0 Å². The highest BCUT2D eigenvalue weighted by Crippen LogP contribution is 2.15. The van der Waals surface area contributed by atoms with E-state index in [9.17, 15) is 0 Å². The number of rotatable bonds is 0. The topological polar surface area (TPSA) is 0 Å². The van der Waals surface area contributed by atoms with Crippen molar-refractivity contribution in [2.45, 2.75) is 0 Å². The molecule has 2 aliphatic rings. The maximum Gasteiger partial charge on any atom is -0.0184 e. The zero-order valence-corrected chi connectivity index (χ0v) is 11.4. The first-order chi connectivity index (χ1) is 9.97. The quantitative estimate of drug-likeness (QED) is 0.552. The van der Waals surface area contributed by atoms with Gasteiger partial charge in [0.15, 0.2) is 0 Å². The summed E-state index contributed by atoms with van der Waals surface area (Å²) in [5, 5.41) is 0. The van der Waals surface area contributed by atoms with Crippen molar-refractivity contribution in [2.24, 2.45) is 0 Å². The van der Waals surface area contributed by atoms with E-state index >= 15 is 0 Å². The molecule has 2 rings (SSSR count). The normalized spacial score (nSPS) is 18.0. The van der Waals surface area contributed by atoms with E-state index in [1.165, 1.54) is 11.1 Å². The maximum absolute atomic E-state index is 2.12. The summed E-state index contributed by atoms with van der Waals surface area (Å²) in [5.74, 6) is 0. The van der Waals surface area contributed by atoms with E-state index in [-0.39, 0.29) is 0 Å². The molecule has 0 aromatic heterocycles. The van der Waals surface area contributed by atoms with E-state index < -0.39 is 0 Å². The first kappa shape index (κ1) is 13.8. The van der Waals surface area contributed by atoms with Crippen molar-refractivity contribution >= 4 is 0 Å². The van der Waals surface area contributed by atoms with Gasteiger partial charge in [0.05, 0.1) is 0 Å². The standard InChI is InChI=1S/C20H18/c1-3-7-11-15-19-17-13-9-5-2-6-10-14-18-20(19)16-12-8-4-1/h1-18H. The lowest BCUT2D eigenvalue weighted by molar-refractivity contribution is 1.53. The predicted octanol–water partition coefficient (Wildman–Crippen LogP) is 5.32. The molecule has 0 saturated heterocycles. The number of allylic oxidation sites excluding steroid dienone is 20. The molecule has 0 aromatic rings. The van der Waals surface area contributed by atoms with Gasteiger partial charge in [-0.05, 0) is 11.1 Å². The van der Waals surface area contributed by atoms with Crippen LogP contribution in [0.4, 0.5) is 0 Å². The first-order valence-corrected chi connectivity index (χ1v) is 6.74. The highest BCUT2D eigenvalue weighted by atomic mass is 14.0. The van der Waals surface area contributed by atoms with Crippen LogP contribution in [0.5, 0.6) is 0 Å². The average molecular weight is 258 g/mol. The number of fused-ring (bicyclic) bond motifs is 1. The van der Waals surface area contributed by atoms with E-state index in [1.807, 2.05) is 60.8 Å². The Kier molecular flexibility index (Phi) is 5.87. The molecule has 0 N–H and O–H groups in total. The van der Waals surface area contributed by atoms with Crippen molar-refractivity contribution in [3.63, 3.8) is 0 Å². The molecule has 0 atom stereocenters. The highest BCUT2D eigenvalue weighted by Gasteiger charge is 1.96. The van der Waals surface area contributed by atoms with Gasteiger partial charge in [0.1, 0.15) is 0 Å². The van der Waals surface area contributed by atoms with Crippen LogP contribution in [0.2, 0.25) is 0 Å². The number of hydrogen-bond acceptors (Lipinski definition) is 0. The van der Waals surface area contributed by atoms with Crippen molar-refractivity contribution in [2.75, 3.05) is 0 Å². The van der Waals surface area contributed by atoms with Crippen molar-refractivity contribution < 1.29 is 0 Å². The molecule has 0 heterocycles. The number of hydrogen-bond donors (Lipinski definition) is 0.